The average Bonchev–Trinajstić information content (AvgIpc) is 2.58. The summed E-state index contributed by atoms with van der Waals surface area (Å²) in [5.41, 5.74) is 0. The molecule has 1 aliphatic heterocycles. The van der Waals surface area contributed by atoms with E-state index in [-0.39, 0.29) is 21.2 Å². The lowest BCUT2D eigenvalue weighted by Crippen LogP contribution is -2.28. The molecular formula is C21H41IO2P2Si2. The summed E-state index contributed by atoms with van der Waals surface area (Å²) in [5, 5.41) is 0. The van der Waals surface area contributed by atoms with Crippen LogP contribution in [-0.2, 0) is 9.53 Å². The van der Waals surface area contributed by atoms with E-state index in [0.29, 0.717) is 13.0 Å². The maximum atomic E-state index is 12.1. The number of alkyl halides is 1. The van der Waals surface area contributed by atoms with Crippen molar-refractivity contribution < 1.29 is 9.53 Å². The zero-order chi connectivity index (χ0) is 21.4. The van der Waals surface area contributed by atoms with E-state index >= 15 is 0 Å². The number of hydrogen-bond acceptors (Lipinski definition) is 2. The van der Waals surface area contributed by atoms with Crippen LogP contribution in [0.5, 0.6) is 0 Å². The third-order valence-electron chi connectivity index (χ3n) is 4.87. The van der Waals surface area contributed by atoms with E-state index in [4.69, 9.17) is 4.74 Å². The van der Waals surface area contributed by atoms with Gasteiger partial charge >= 0.3 is 5.97 Å². The minimum absolute atomic E-state index is 0.000952. The molecule has 1 rings (SSSR count). The number of esters is 1. The van der Waals surface area contributed by atoms with Gasteiger partial charge in [0.05, 0.1) is 29.2 Å². The van der Waals surface area contributed by atoms with Crippen molar-refractivity contribution in [3.05, 3.63) is 22.0 Å². The zero-order valence-electron chi connectivity index (χ0n) is 19.1. The molecule has 2 nitrogen and oxygen atoms in total. The molecule has 162 valence electrons. The summed E-state index contributed by atoms with van der Waals surface area (Å²) in [4.78, 5) is 15.7. The van der Waals surface area contributed by atoms with Crippen LogP contribution < -0.4 is 0 Å². The van der Waals surface area contributed by atoms with E-state index in [1.807, 2.05) is 11.9 Å². The first-order valence-electron chi connectivity index (χ1n) is 10.7. The van der Waals surface area contributed by atoms with Crippen LogP contribution in [0.4, 0.5) is 0 Å². The highest BCUT2D eigenvalue weighted by molar-refractivity contribution is 14.1. The largest absolute Gasteiger partial charge is 0.466 e. The van der Waals surface area contributed by atoms with Crippen molar-refractivity contribution in [3.8, 4) is 0 Å². The Labute approximate surface area is 192 Å². The molecule has 1 heterocycles. The Morgan fingerprint density at radius 1 is 0.893 bits per heavy atom. The highest BCUT2D eigenvalue weighted by Gasteiger charge is 2.39. The first-order valence-corrected chi connectivity index (χ1v) is 23.0. The number of unbranched alkanes of at least 4 members (excludes halogenated alkanes) is 3. The van der Waals surface area contributed by atoms with Gasteiger partial charge in [-0.2, -0.15) is 0 Å². The summed E-state index contributed by atoms with van der Waals surface area (Å²) in [6, 6.07) is 0. The molecule has 0 aromatic rings. The standard InChI is InChI=1S/C21H41IO2P2Si2/c1-8-24-19(23)15-18-26-21(28(5,6)7)14-13-20(27(2,3)4)25(26)17-12-10-9-11-16-22/h13-14H,8-12,15-18H2,1-7H3. The molecule has 0 aliphatic carbocycles. The van der Waals surface area contributed by atoms with Gasteiger partial charge in [0.2, 0.25) is 0 Å². The van der Waals surface area contributed by atoms with Crippen molar-refractivity contribution in [2.75, 3.05) is 23.4 Å². The topological polar surface area (TPSA) is 26.3 Å². The molecule has 7 heteroatoms. The van der Waals surface area contributed by atoms with Crippen LogP contribution in [0, 0.1) is 0 Å². The van der Waals surface area contributed by atoms with E-state index in [1.54, 1.807) is 4.94 Å². The van der Waals surface area contributed by atoms with Crippen LogP contribution in [0.2, 0.25) is 39.3 Å². The Bertz CT molecular complexity index is 566. The van der Waals surface area contributed by atoms with Crippen molar-refractivity contribution >= 4 is 59.9 Å². The number of allylic oxidation sites excluding steroid dienone is 2. The molecular weight excluding hydrogens is 529 g/mol. The van der Waals surface area contributed by atoms with E-state index in [9.17, 15) is 4.79 Å². The van der Waals surface area contributed by atoms with E-state index in [1.165, 1.54) is 36.3 Å². The van der Waals surface area contributed by atoms with Gasteiger partial charge in [-0.05, 0) is 36.5 Å². The van der Waals surface area contributed by atoms with Crippen molar-refractivity contribution in [2.24, 2.45) is 0 Å². The van der Waals surface area contributed by atoms with Crippen molar-refractivity contribution in [1.82, 2.24) is 0 Å². The van der Waals surface area contributed by atoms with Crippen LogP contribution in [0.1, 0.15) is 39.0 Å². The fourth-order valence-corrected chi connectivity index (χ4v) is 26.7. The molecule has 0 fully saturated rings. The van der Waals surface area contributed by atoms with Gasteiger partial charge in [0.15, 0.2) is 0 Å². The monoisotopic (exact) mass is 570 g/mol. The molecule has 0 saturated carbocycles. The van der Waals surface area contributed by atoms with E-state index in [0.717, 1.165) is 6.16 Å². The molecule has 0 N–H and O–H groups in total. The maximum absolute atomic E-state index is 12.1. The van der Waals surface area contributed by atoms with E-state index in [2.05, 4.69) is 74.0 Å². The Hall–Kier alpha value is 0.974. The number of carbonyl (C=O) groups is 1. The first-order chi connectivity index (χ1) is 13.0. The third kappa shape index (κ3) is 9.00. The molecule has 2 unspecified atom stereocenters. The number of carbonyl (C=O) groups excluding carboxylic acids is 1. The minimum atomic E-state index is -1.38. The Morgan fingerprint density at radius 2 is 1.39 bits per heavy atom. The summed E-state index contributed by atoms with van der Waals surface area (Å²) in [6.45, 7) is 17.4. The molecule has 0 spiro atoms. The highest BCUT2D eigenvalue weighted by Crippen LogP contribution is 2.80. The van der Waals surface area contributed by atoms with Crippen LogP contribution >= 0.6 is 37.8 Å². The Kier molecular flexibility index (Phi) is 12.3. The van der Waals surface area contributed by atoms with Gasteiger partial charge in [0.1, 0.15) is 0 Å². The maximum Gasteiger partial charge on any atom is 0.306 e. The number of ether oxygens (including phenoxy) is 1. The second kappa shape index (κ2) is 12.7. The summed E-state index contributed by atoms with van der Waals surface area (Å²) in [5.74, 6) is 0.000952. The fraction of sp³-hybridized carbons (Fsp3) is 0.762. The van der Waals surface area contributed by atoms with Gasteiger partial charge in [-0.1, -0.05) is 112 Å². The summed E-state index contributed by atoms with van der Waals surface area (Å²) < 4.78 is 6.55. The number of rotatable bonds is 12. The predicted molar refractivity (Wildman–Crippen MR) is 145 cm³/mol. The second-order valence-corrected chi connectivity index (χ2v) is 27.9. The molecule has 1 aliphatic rings. The van der Waals surface area contributed by atoms with Crippen LogP contribution in [0.25, 0.3) is 0 Å². The average molecular weight is 571 g/mol. The quantitative estimate of drug-likeness (QED) is 0.0589. The van der Waals surface area contributed by atoms with Gasteiger partial charge in [-0.3, -0.25) is 4.79 Å². The third-order valence-corrected chi connectivity index (χ3v) is 23.4. The van der Waals surface area contributed by atoms with Gasteiger partial charge in [0.25, 0.3) is 0 Å². The molecule has 2 atom stereocenters. The van der Waals surface area contributed by atoms with Crippen molar-refractivity contribution in [1.29, 1.82) is 0 Å². The smallest absolute Gasteiger partial charge is 0.306 e. The van der Waals surface area contributed by atoms with Crippen LogP contribution in [0.3, 0.4) is 0 Å². The zero-order valence-corrected chi connectivity index (χ0v) is 25.1. The van der Waals surface area contributed by atoms with Gasteiger partial charge in [-0.15, -0.1) is 0 Å². The lowest BCUT2D eigenvalue weighted by Gasteiger charge is -2.42. The van der Waals surface area contributed by atoms with Gasteiger partial charge in [0, 0.05) is 0 Å². The lowest BCUT2D eigenvalue weighted by molar-refractivity contribution is -0.142. The number of hydrogen-bond donors (Lipinski definition) is 0. The molecule has 0 bridgehead atoms. The van der Waals surface area contributed by atoms with Gasteiger partial charge < -0.3 is 4.74 Å². The number of halogens is 1. The Balaban J connectivity index is 3.08. The molecule has 28 heavy (non-hydrogen) atoms. The molecule has 0 aromatic carbocycles. The first kappa shape index (κ1) is 27.0. The molecule has 0 saturated heterocycles. The predicted octanol–water partition coefficient (Wildman–Crippen LogP) is 8.35. The summed E-state index contributed by atoms with van der Waals surface area (Å²) in [7, 11) is -3.03. The minimum Gasteiger partial charge on any atom is -0.466 e. The van der Waals surface area contributed by atoms with E-state index < -0.39 is 16.1 Å². The summed E-state index contributed by atoms with van der Waals surface area (Å²) >= 11 is 2.49. The molecule has 0 aromatic heterocycles. The Morgan fingerprint density at radius 3 is 1.86 bits per heavy atom. The fourth-order valence-electron chi connectivity index (χ4n) is 3.49. The lowest BCUT2D eigenvalue weighted by atomic mass is 10.2. The molecule has 0 amide bonds. The normalized spacial score (nSPS) is 20.6. The van der Waals surface area contributed by atoms with Crippen molar-refractivity contribution in [3.63, 3.8) is 0 Å². The van der Waals surface area contributed by atoms with Crippen LogP contribution in [0.15, 0.2) is 22.0 Å². The SMILES string of the molecule is CCOC(=O)CCP1C([Si](C)(C)C)=CC=C([Si](C)(C)C)P1CCCCCCI. The second-order valence-electron chi connectivity index (χ2n) is 9.51. The van der Waals surface area contributed by atoms with Gasteiger partial charge in [-0.25, -0.2) is 0 Å². The van der Waals surface area contributed by atoms with Crippen LogP contribution in [-0.4, -0.2) is 45.5 Å². The molecule has 0 radical (unpaired) electrons. The highest BCUT2D eigenvalue weighted by atomic mass is 127. The van der Waals surface area contributed by atoms with Crippen molar-refractivity contribution in [2.45, 2.75) is 78.3 Å². The summed E-state index contributed by atoms with van der Waals surface area (Å²) in [6.07, 6.45) is 13.5.